The maximum Gasteiger partial charge on any atom is 0.123 e. The van der Waals surface area contributed by atoms with Crippen molar-refractivity contribution >= 4 is 11.3 Å². The Morgan fingerprint density at radius 3 is 2.74 bits per heavy atom. The molecule has 2 aromatic heterocycles. The Morgan fingerprint density at radius 2 is 1.96 bits per heavy atom. The number of hydrogen-bond acceptors (Lipinski definition) is 2. The van der Waals surface area contributed by atoms with E-state index in [2.05, 4.69) is 44.6 Å². The summed E-state index contributed by atoms with van der Waals surface area (Å²) in [5.41, 5.74) is 3.80. The summed E-state index contributed by atoms with van der Waals surface area (Å²) in [5, 5.41) is 4.34. The summed E-state index contributed by atoms with van der Waals surface area (Å²) in [4.78, 5) is 2.51. The molecule has 1 atom stereocenters. The molecular formula is C19H19FN2S. The first-order valence-corrected chi connectivity index (χ1v) is 8.91. The van der Waals surface area contributed by atoms with Crippen LogP contribution in [0.4, 0.5) is 4.39 Å². The lowest BCUT2D eigenvalue weighted by Gasteiger charge is -2.30. The minimum Gasteiger partial charge on any atom is -0.350 e. The van der Waals surface area contributed by atoms with Gasteiger partial charge in [-0.25, -0.2) is 4.39 Å². The Balaban J connectivity index is 1.75. The predicted molar refractivity (Wildman–Crippen MR) is 92.0 cm³/mol. The van der Waals surface area contributed by atoms with E-state index < -0.39 is 0 Å². The second-order valence-corrected chi connectivity index (χ2v) is 6.82. The molecule has 0 saturated carbocycles. The summed E-state index contributed by atoms with van der Waals surface area (Å²) < 4.78 is 15.7. The number of thiophene rings is 1. The summed E-state index contributed by atoms with van der Waals surface area (Å²) in [6.07, 6.45) is 3.28. The first-order chi connectivity index (χ1) is 11.3. The largest absolute Gasteiger partial charge is 0.350 e. The van der Waals surface area contributed by atoms with Crippen LogP contribution in [-0.4, -0.2) is 16.0 Å². The van der Waals surface area contributed by atoms with Gasteiger partial charge >= 0.3 is 0 Å². The van der Waals surface area contributed by atoms with Crippen molar-refractivity contribution in [2.45, 2.75) is 25.6 Å². The topological polar surface area (TPSA) is 8.17 Å². The van der Waals surface area contributed by atoms with Crippen molar-refractivity contribution in [3.63, 3.8) is 0 Å². The second kappa shape index (κ2) is 6.30. The summed E-state index contributed by atoms with van der Waals surface area (Å²) in [6, 6.07) is 13.6. The second-order valence-electron chi connectivity index (χ2n) is 6.04. The molecule has 0 fully saturated rings. The minimum atomic E-state index is -0.179. The Hall–Kier alpha value is -1.91. The van der Waals surface area contributed by atoms with Crippen molar-refractivity contribution in [2.75, 3.05) is 6.54 Å². The van der Waals surface area contributed by atoms with Gasteiger partial charge in [0.15, 0.2) is 0 Å². The average Bonchev–Trinajstić information content (AvgIpc) is 3.19. The maximum atomic E-state index is 13.4. The molecule has 118 valence electrons. The fraction of sp³-hybridized carbons (Fsp3) is 0.263. The minimum absolute atomic E-state index is 0.174. The van der Waals surface area contributed by atoms with E-state index in [1.54, 1.807) is 23.5 Å². The van der Waals surface area contributed by atoms with Gasteiger partial charge in [-0.1, -0.05) is 12.1 Å². The number of benzene rings is 1. The van der Waals surface area contributed by atoms with Crippen LogP contribution in [0.3, 0.4) is 0 Å². The van der Waals surface area contributed by atoms with Crippen LogP contribution in [0.5, 0.6) is 0 Å². The molecule has 4 heteroatoms. The molecule has 2 nitrogen and oxygen atoms in total. The van der Waals surface area contributed by atoms with Gasteiger partial charge in [-0.2, -0.15) is 11.3 Å². The molecule has 0 saturated heterocycles. The molecular weight excluding hydrogens is 307 g/mol. The number of aryl methyl sites for hydroxylation is 1. The van der Waals surface area contributed by atoms with Gasteiger partial charge in [-0.05, 0) is 58.6 Å². The third-order valence-electron chi connectivity index (χ3n) is 4.51. The Kier molecular flexibility index (Phi) is 4.02. The lowest BCUT2D eigenvalue weighted by atomic mass is 10.0. The van der Waals surface area contributed by atoms with Crippen LogP contribution in [0.1, 0.15) is 29.3 Å². The van der Waals surface area contributed by atoms with Crippen molar-refractivity contribution in [3.05, 3.63) is 82.1 Å². The number of hydrogen-bond donors (Lipinski definition) is 0. The van der Waals surface area contributed by atoms with Gasteiger partial charge in [0.05, 0.1) is 6.04 Å². The van der Waals surface area contributed by atoms with Crippen molar-refractivity contribution in [1.82, 2.24) is 9.47 Å². The van der Waals surface area contributed by atoms with E-state index in [-0.39, 0.29) is 11.9 Å². The summed E-state index contributed by atoms with van der Waals surface area (Å²) >= 11 is 1.74. The zero-order chi connectivity index (χ0) is 15.6. The van der Waals surface area contributed by atoms with Crippen LogP contribution < -0.4 is 0 Å². The quantitative estimate of drug-likeness (QED) is 0.678. The van der Waals surface area contributed by atoms with Gasteiger partial charge in [-0.3, -0.25) is 4.90 Å². The number of rotatable bonds is 3. The van der Waals surface area contributed by atoms with Crippen LogP contribution in [0, 0.1) is 5.82 Å². The number of aromatic nitrogens is 1. The molecule has 4 rings (SSSR count). The molecule has 3 aromatic rings. The van der Waals surface area contributed by atoms with Gasteiger partial charge in [0, 0.05) is 31.5 Å². The molecule has 0 spiro atoms. The van der Waals surface area contributed by atoms with Crippen LogP contribution in [0.2, 0.25) is 0 Å². The number of fused-ring (bicyclic) bond motifs is 1. The SMILES string of the molecule is Fc1ccc(C2c3cccn3CCCN2Cc2ccsc2)cc1. The molecule has 23 heavy (non-hydrogen) atoms. The van der Waals surface area contributed by atoms with Gasteiger partial charge < -0.3 is 4.57 Å². The maximum absolute atomic E-state index is 13.4. The van der Waals surface area contributed by atoms with Crippen molar-refractivity contribution in [1.29, 1.82) is 0 Å². The molecule has 1 unspecified atom stereocenters. The molecule has 0 amide bonds. The summed E-state index contributed by atoms with van der Waals surface area (Å²) in [7, 11) is 0. The van der Waals surface area contributed by atoms with Gasteiger partial charge in [0.2, 0.25) is 0 Å². The third-order valence-corrected chi connectivity index (χ3v) is 5.24. The number of halogens is 1. The molecule has 0 bridgehead atoms. The lowest BCUT2D eigenvalue weighted by Crippen LogP contribution is -2.29. The molecule has 1 aliphatic heterocycles. The van der Waals surface area contributed by atoms with Crippen molar-refractivity contribution < 1.29 is 4.39 Å². The molecule has 1 aromatic carbocycles. The van der Waals surface area contributed by atoms with Gasteiger partial charge in [-0.15, -0.1) is 0 Å². The van der Waals surface area contributed by atoms with Gasteiger partial charge in [0.25, 0.3) is 0 Å². The smallest absolute Gasteiger partial charge is 0.123 e. The predicted octanol–water partition coefficient (Wildman–Crippen LogP) is 4.68. The molecule has 0 N–H and O–H groups in total. The van der Waals surface area contributed by atoms with E-state index in [4.69, 9.17) is 0 Å². The van der Waals surface area contributed by atoms with Crippen LogP contribution in [0.15, 0.2) is 59.4 Å². The highest BCUT2D eigenvalue weighted by Gasteiger charge is 2.27. The number of nitrogens with zero attached hydrogens (tertiary/aromatic N) is 2. The highest BCUT2D eigenvalue weighted by atomic mass is 32.1. The molecule has 0 radical (unpaired) electrons. The highest BCUT2D eigenvalue weighted by Crippen LogP contribution is 2.33. The fourth-order valence-corrected chi connectivity index (χ4v) is 4.11. The van der Waals surface area contributed by atoms with Crippen molar-refractivity contribution in [3.8, 4) is 0 Å². The van der Waals surface area contributed by atoms with Crippen LogP contribution >= 0.6 is 11.3 Å². The van der Waals surface area contributed by atoms with E-state index in [9.17, 15) is 4.39 Å². The van der Waals surface area contributed by atoms with E-state index in [1.807, 2.05) is 12.1 Å². The highest BCUT2D eigenvalue weighted by molar-refractivity contribution is 7.07. The summed E-state index contributed by atoms with van der Waals surface area (Å²) in [6.45, 7) is 3.01. The monoisotopic (exact) mass is 326 g/mol. The first kappa shape index (κ1) is 14.7. The van der Waals surface area contributed by atoms with E-state index in [0.717, 1.165) is 31.6 Å². The molecule has 1 aliphatic rings. The van der Waals surface area contributed by atoms with Crippen LogP contribution in [-0.2, 0) is 13.1 Å². The third kappa shape index (κ3) is 2.96. The van der Waals surface area contributed by atoms with E-state index in [1.165, 1.54) is 11.3 Å². The van der Waals surface area contributed by atoms with E-state index in [0.29, 0.717) is 0 Å². The zero-order valence-electron chi connectivity index (χ0n) is 12.9. The summed E-state index contributed by atoms with van der Waals surface area (Å²) in [5.74, 6) is -0.179. The lowest BCUT2D eigenvalue weighted by molar-refractivity contribution is 0.220. The standard InChI is InChI=1S/C19H19FN2S/c20-17-6-4-16(5-7-17)19-18-3-1-9-21(18)10-2-11-22(19)13-15-8-12-23-14-15/h1,3-9,12,14,19H,2,10-11,13H2. The molecule has 0 aliphatic carbocycles. The fourth-order valence-electron chi connectivity index (χ4n) is 3.45. The first-order valence-electron chi connectivity index (χ1n) is 7.97. The van der Waals surface area contributed by atoms with Crippen LogP contribution in [0.25, 0.3) is 0 Å². The van der Waals surface area contributed by atoms with Gasteiger partial charge in [0.1, 0.15) is 5.82 Å². The average molecular weight is 326 g/mol. The Morgan fingerprint density at radius 1 is 1.09 bits per heavy atom. The molecule has 3 heterocycles. The van der Waals surface area contributed by atoms with E-state index >= 15 is 0 Å². The van der Waals surface area contributed by atoms with Crippen molar-refractivity contribution in [2.24, 2.45) is 0 Å². The Bertz CT molecular complexity index is 761. The zero-order valence-corrected chi connectivity index (χ0v) is 13.7. The normalized spacial score (nSPS) is 18.6. The Labute approximate surface area is 139 Å².